The van der Waals surface area contributed by atoms with Gasteiger partial charge >= 0.3 is 0 Å². The van der Waals surface area contributed by atoms with E-state index in [1.807, 2.05) is 30.3 Å². The van der Waals surface area contributed by atoms with Crippen molar-refractivity contribution in [3.8, 4) is 0 Å². The van der Waals surface area contributed by atoms with Crippen LogP contribution in [0.1, 0.15) is 15.2 Å². The molecule has 1 amide bonds. The summed E-state index contributed by atoms with van der Waals surface area (Å²) in [5.74, 6) is -0.0299. The topological polar surface area (TPSA) is 20.3 Å². The van der Waals surface area contributed by atoms with Crippen molar-refractivity contribution in [1.29, 1.82) is 0 Å². The van der Waals surface area contributed by atoms with Crippen LogP contribution in [0.15, 0.2) is 39.3 Å². The van der Waals surface area contributed by atoms with Crippen molar-refractivity contribution in [2.45, 2.75) is 6.54 Å². The summed E-state index contributed by atoms with van der Waals surface area (Å²) in [6.45, 7) is 0.551. The fraction of sp³-hybridized carbons (Fsp3) is 0.154. The van der Waals surface area contributed by atoms with E-state index < -0.39 is 0 Å². The number of benzene rings is 1. The molecule has 0 aliphatic heterocycles. The molecule has 2 nitrogen and oxygen atoms in total. The molecule has 0 aliphatic rings. The molecule has 19 heavy (non-hydrogen) atoms. The van der Waals surface area contributed by atoms with Gasteiger partial charge in [0, 0.05) is 20.9 Å². The molecular weight excluding hydrogens is 413 g/mol. The lowest BCUT2D eigenvalue weighted by Gasteiger charge is -2.17. The first-order chi connectivity index (χ1) is 8.97. The maximum Gasteiger partial charge on any atom is 0.255 e. The molecule has 1 aromatic carbocycles. The number of nitrogens with zero attached hydrogens (tertiary/aromatic N) is 1. The third-order valence-corrected chi connectivity index (χ3v) is 4.93. The minimum atomic E-state index is -0.0299. The van der Waals surface area contributed by atoms with Crippen LogP contribution in [0.4, 0.5) is 0 Å². The molecule has 2 rings (SSSR count). The Kier molecular flexibility index (Phi) is 5.06. The Morgan fingerprint density at radius 2 is 2.05 bits per heavy atom. The van der Waals surface area contributed by atoms with E-state index in [2.05, 4.69) is 31.9 Å². The van der Waals surface area contributed by atoms with Crippen molar-refractivity contribution in [2.75, 3.05) is 7.05 Å². The first-order valence-electron chi connectivity index (χ1n) is 5.42. The smallest absolute Gasteiger partial charge is 0.255 e. The second kappa shape index (κ2) is 6.39. The summed E-state index contributed by atoms with van der Waals surface area (Å²) in [7, 11) is 1.78. The number of hydrogen-bond acceptors (Lipinski definition) is 2. The third kappa shape index (κ3) is 3.81. The normalized spacial score (nSPS) is 10.5. The van der Waals surface area contributed by atoms with Gasteiger partial charge in [0.15, 0.2) is 0 Å². The van der Waals surface area contributed by atoms with E-state index in [4.69, 9.17) is 11.6 Å². The second-order valence-electron chi connectivity index (χ2n) is 3.99. The standard InChI is InChI=1S/C13H10Br2ClNOS/c1-17(7-9-3-5-12(16)19-9)13(18)10-6-8(14)2-4-11(10)15/h2-6H,7H2,1H3. The lowest BCUT2D eigenvalue weighted by atomic mass is 10.2. The summed E-state index contributed by atoms with van der Waals surface area (Å²) in [6, 6.07) is 9.33. The highest BCUT2D eigenvalue weighted by Gasteiger charge is 2.16. The van der Waals surface area contributed by atoms with Crippen molar-refractivity contribution in [1.82, 2.24) is 4.90 Å². The second-order valence-corrected chi connectivity index (χ2v) is 7.56. The van der Waals surface area contributed by atoms with Crippen LogP contribution < -0.4 is 0 Å². The van der Waals surface area contributed by atoms with Gasteiger partial charge in [0.05, 0.1) is 16.4 Å². The summed E-state index contributed by atoms with van der Waals surface area (Å²) >= 11 is 14.2. The monoisotopic (exact) mass is 421 g/mol. The van der Waals surface area contributed by atoms with E-state index >= 15 is 0 Å². The van der Waals surface area contributed by atoms with Gasteiger partial charge in [-0.1, -0.05) is 27.5 Å². The predicted octanol–water partition coefficient (Wildman–Crippen LogP) is 5.20. The largest absolute Gasteiger partial charge is 0.337 e. The first-order valence-corrected chi connectivity index (χ1v) is 8.20. The van der Waals surface area contributed by atoms with Gasteiger partial charge < -0.3 is 4.90 Å². The predicted molar refractivity (Wildman–Crippen MR) is 87.0 cm³/mol. The molecule has 1 heterocycles. The Balaban J connectivity index is 2.16. The number of halogens is 3. The molecule has 2 aromatic rings. The maximum atomic E-state index is 12.4. The Labute approximate surface area is 137 Å². The molecule has 0 spiro atoms. The van der Waals surface area contributed by atoms with Gasteiger partial charge in [-0.25, -0.2) is 0 Å². The zero-order chi connectivity index (χ0) is 14.0. The summed E-state index contributed by atoms with van der Waals surface area (Å²) < 4.78 is 2.41. The van der Waals surface area contributed by atoms with E-state index in [0.29, 0.717) is 12.1 Å². The highest BCUT2D eigenvalue weighted by atomic mass is 79.9. The van der Waals surface area contributed by atoms with Crippen LogP contribution in [0.3, 0.4) is 0 Å². The van der Waals surface area contributed by atoms with Crippen LogP contribution in [0, 0.1) is 0 Å². The minimum absolute atomic E-state index is 0.0299. The van der Waals surface area contributed by atoms with Crippen LogP contribution >= 0.6 is 54.8 Å². The van der Waals surface area contributed by atoms with Crippen LogP contribution in [-0.2, 0) is 6.54 Å². The summed E-state index contributed by atoms with van der Waals surface area (Å²) in [4.78, 5) is 15.1. The Morgan fingerprint density at radius 3 is 2.68 bits per heavy atom. The number of thiophene rings is 1. The van der Waals surface area contributed by atoms with Crippen molar-refractivity contribution < 1.29 is 4.79 Å². The molecule has 0 radical (unpaired) electrons. The van der Waals surface area contributed by atoms with Crippen LogP contribution in [0.5, 0.6) is 0 Å². The first kappa shape index (κ1) is 15.0. The number of carbonyl (C=O) groups excluding carboxylic acids is 1. The zero-order valence-electron chi connectivity index (χ0n) is 9.99. The molecule has 0 saturated carbocycles. The zero-order valence-corrected chi connectivity index (χ0v) is 14.7. The average Bonchev–Trinajstić information content (AvgIpc) is 2.77. The third-order valence-electron chi connectivity index (χ3n) is 2.53. The average molecular weight is 424 g/mol. The van der Waals surface area contributed by atoms with Gasteiger partial charge in [0.2, 0.25) is 0 Å². The number of amides is 1. The van der Waals surface area contributed by atoms with Crippen LogP contribution in [0.2, 0.25) is 4.34 Å². The Morgan fingerprint density at radius 1 is 1.32 bits per heavy atom. The van der Waals surface area contributed by atoms with Gasteiger partial charge in [-0.3, -0.25) is 4.79 Å². The minimum Gasteiger partial charge on any atom is -0.337 e. The van der Waals surface area contributed by atoms with E-state index in [0.717, 1.165) is 18.2 Å². The molecule has 0 unspecified atom stereocenters. The van der Waals surface area contributed by atoms with Gasteiger partial charge in [-0.05, 0) is 46.3 Å². The van der Waals surface area contributed by atoms with Crippen molar-refractivity contribution >= 4 is 60.7 Å². The van der Waals surface area contributed by atoms with Crippen LogP contribution in [0.25, 0.3) is 0 Å². The van der Waals surface area contributed by atoms with E-state index in [-0.39, 0.29) is 5.91 Å². The van der Waals surface area contributed by atoms with Crippen LogP contribution in [-0.4, -0.2) is 17.9 Å². The SMILES string of the molecule is CN(Cc1ccc(Cl)s1)C(=O)c1cc(Br)ccc1Br. The summed E-state index contributed by atoms with van der Waals surface area (Å²) in [5.41, 5.74) is 0.638. The molecule has 6 heteroatoms. The van der Waals surface area contributed by atoms with Crippen molar-refractivity contribution in [3.05, 3.63) is 54.1 Å². The van der Waals surface area contributed by atoms with Gasteiger partial charge in [0.1, 0.15) is 0 Å². The Hall–Kier alpha value is -0.360. The van der Waals surface area contributed by atoms with Gasteiger partial charge in [0.25, 0.3) is 5.91 Å². The van der Waals surface area contributed by atoms with E-state index in [9.17, 15) is 4.79 Å². The summed E-state index contributed by atoms with van der Waals surface area (Å²) in [6.07, 6.45) is 0. The molecule has 100 valence electrons. The molecule has 0 fully saturated rings. The fourth-order valence-corrected chi connectivity index (χ4v) is 3.53. The molecule has 0 aliphatic carbocycles. The fourth-order valence-electron chi connectivity index (χ4n) is 1.61. The highest BCUT2D eigenvalue weighted by Crippen LogP contribution is 2.25. The van der Waals surface area contributed by atoms with E-state index in [1.165, 1.54) is 11.3 Å². The molecule has 1 aromatic heterocycles. The molecule has 0 saturated heterocycles. The molecule has 0 bridgehead atoms. The lowest BCUT2D eigenvalue weighted by molar-refractivity contribution is 0.0785. The van der Waals surface area contributed by atoms with Gasteiger partial charge in [-0.15, -0.1) is 11.3 Å². The molecule has 0 atom stereocenters. The molecule has 0 N–H and O–H groups in total. The van der Waals surface area contributed by atoms with Crippen molar-refractivity contribution in [3.63, 3.8) is 0 Å². The molecular formula is C13H10Br2ClNOS. The quantitative estimate of drug-likeness (QED) is 0.665. The highest BCUT2D eigenvalue weighted by molar-refractivity contribution is 9.11. The number of rotatable bonds is 3. The van der Waals surface area contributed by atoms with Crippen molar-refractivity contribution in [2.24, 2.45) is 0 Å². The van der Waals surface area contributed by atoms with E-state index in [1.54, 1.807) is 11.9 Å². The van der Waals surface area contributed by atoms with Gasteiger partial charge in [-0.2, -0.15) is 0 Å². The number of carbonyl (C=O) groups is 1. The Bertz CT molecular complexity index is 614. The summed E-state index contributed by atoms with van der Waals surface area (Å²) in [5, 5.41) is 0. The number of hydrogen-bond donors (Lipinski definition) is 0. The lowest BCUT2D eigenvalue weighted by Crippen LogP contribution is -2.26. The maximum absolute atomic E-state index is 12.4.